The Morgan fingerprint density at radius 1 is 1.24 bits per heavy atom. The first-order chi connectivity index (χ1) is 16.1. The van der Waals surface area contributed by atoms with E-state index < -0.39 is 0 Å². The number of hydrogen-bond donors (Lipinski definition) is 1. The van der Waals surface area contributed by atoms with E-state index in [4.69, 9.17) is 4.74 Å². The second-order valence-electron chi connectivity index (χ2n) is 8.46. The van der Waals surface area contributed by atoms with Crippen LogP contribution in [0, 0.1) is 17.2 Å². The van der Waals surface area contributed by atoms with Crippen LogP contribution in [0.3, 0.4) is 0 Å². The number of allylic oxidation sites excluding steroid dienone is 1. The summed E-state index contributed by atoms with van der Waals surface area (Å²) < 4.78 is 5.83. The fraction of sp³-hybridized carbons (Fsp3) is 0.222. The first-order valence-corrected chi connectivity index (χ1v) is 11.9. The molecule has 0 fully saturated rings. The van der Waals surface area contributed by atoms with Gasteiger partial charge in [-0.05, 0) is 60.1 Å². The van der Waals surface area contributed by atoms with E-state index in [0.717, 1.165) is 46.5 Å². The molecule has 2 aromatic carbocycles. The van der Waals surface area contributed by atoms with Crippen LogP contribution < -0.4 is 10.3 Å². The van der Waals surface area contributed by atoms with Gasteiger partial charge in [0.2, 0.25) is 0 Å². The van der Waals surface area contributed by atoms with Crippen molar-refractivity contribution in [3.63, 3.8) is 0 Å². The Labute approximate surface area is 196 Å². The molecule has 1 aliphatic rings. The molecule has 0 radical (unpaired) electrons. The number of ether oxygens (including phenoxy) is 1. The van der Waals surface area contributed by atoms with Gasteiger partial charge in [-0.3, -0.25) is 4.79 Å². The van der Waals surface area contributed by atoms with Gasteiger partial charge >= 0.3 is 0 Å². The number of aromatic amines is 1. The molecule has 0 bridgehead atoms. The highest BCUT2D eigenvalue weighted by molar-refractivity contribution is 7.18. The maximum absolute atomic E-state index is 12.9. The Morgan fingerprint density at radius 3 is 2.79 bits per heavy atom. The number of fused-ring (bicyclic) bond motifs is 3. The number of nitriles is 1. The molecule has 0 saturated carbocycles. The van der Waals surface area contributed by atoms with E-state index in [1.54, 1.807) is 17.4 Å². The molecule has 2 aromatic heterocycles. The highest BCUT2D eigenvalue weighted by Gasteiger charge is 2.23. The number of nitrogens with zero attached hydrogens (tertiary/aromatic N) is 2. The van der Waals surface area contributed by atoms with E-state index in [1.807, 2.05) is 54.6 Å². The molecule has 5 nitrogen and oxygen atoms in total. The zero-order valence-electron chi connectivity index (χ0n) is 18.3. The van der Waals surface area contributed by atoms with Gasteiger partial charge in [-0.1, -0.05) is 49.4 Å². The van der Waals surface area contributed by atoms with Crippen molar-refractivity contribution in [2.24, 2.45) is 5.92 Å². The summed E-state index contributed by atoms with van der Waals surface area (Å²) in [6, 6.07) is 19.7. The minimum atomic E-state index is -0.159. The van der Waals surface area contributed by atoms with E-state index in [2.05, 4.69) is 23.0 Å². The highest BCUT2D eigenvalue weighted by Crippen LogP contribution is 2.36. The molecule has 1 N–H and O–H groups in total. The van der Waals surface area contributed by atoms with Gasteiger partial charge in [0, 0.05) is 4.88 Å². The van der Waals surface area contributed by atoms with Gasteiger partial charge in [-0.25, -0.2) is 4.98 Å². The average Bonchev–Trinajstić information content (AvgIpc) is 3.20. The molecule has 0 unspecified atom stereocenters. The van der Waals surface area contributed by atoms with Crippen molar-refractivity contribution in [2.45, 2.75) is 32.8 Å². The zero-order valence-corrected chi connectivity index (χ0v) is 19.1. The van der Waals surface area contributed by atoms with Crippen LogP contribution in [0.2, 0.25) is 0 Å². The third-order valence-electron chi connectivity index (χ3n) is 5.98. The van der Waals surface area contributed by atoms with E-state index >= 15 is 0 Å². The molecule has 164 valence electrons. The summed E-state index contributed by atoms with van der Waals surface area (Å²) >= 11 is 1.59. The Kier molecular flexibility index (Phi) is 5.80. The maximum Gasteiger partial charge on any atom is 0.260 e. The van der Waals surface area contributed by atoms with Gasteiger partial charge in [0.15, 0.2) is 5.82 Å². The quantitative estimate of drug-likeness (QED) is 0.390. The van der Waals surface area contributed by atoms with Crippen LogP contribution in [0.25, 0.3) is 21.9 Å². The summed E-state index contributed by atoms with van der Waals surface area (Å²) in [6.07, 6.45) is 4.74. The lowest BCUT2D eigenvalue weighted by Crippen LogP contribution is -2.14. The molecule has 1 atom stereocenters. The minimum Gasteiger partial charge on any atom is -0.489 e. The second-order valence-corrected chi connectivity index (χ2v) is 9.54. The lowest BCUT2D eigenvalue weighted by Gasteiger charge is -2.17. The lowest BCUT2D eigenvalue weighted by atomic mass is 9.89. The number of aryl methyl sites for hydroxylation is 1. The van der Waals surface area contributed by atoms with Crippen LogP contribution in [0.15, 0.2) is 59.4 Å². The molecular formula is C27H23N3O2S. The Balaban J connectivity index is 1.40. The molecule has 5 rings (SSSR count). The van der Waals surface area contributed by atoms with Gasteiger partial charge in [0.25, 0.3) is 5.56 Å². The second kappa shape index (κ2) is 9.05. The predicted octanol–water partition coefficient (Wildman–Crippen LogP) is 5.75. The van der Waals surface area contributed by atoms with E-state index in [-0.39, 0.29) is 5.56 Å². The average molecular weight is 454 g/mol. The largest absolute Gasteiger partial charge is 0.489 e. The number of rotatable bonds is 5. The van der Waals surface area contributed by atoms with Crippen LogP contribution >= 0.6 is 11.3 Å². The summed E-state index contributed by atoms with van der Waals surface area (Å²) in [5.41, 5.74) is 3.24. The Bertz CT molecular complexity index is 1430. The van der Waals surface area contributed by atoms with Gasteiger partial charge in [0.05, 0.1) is 11.0 Å². The molecule has 0 saturated heterocycles. The van der Waals surface area contributed by atoms with Crippen molar-refractivity contribution < 1.29 is 4.74 Å². The number of thiophene rings is 1. The molecule has 6 heteroatoms. The number of H-pyrrole nitrogens is 1. The van der Waals surface area contributed by atoms with Gasteiger partial charge < -0.3 is 9.72 Å². The number of nitrogens with one attached hydrogen (secondary N) is 1. The third kappa shape index (κ3) is 4.46. The summed E-state index contributed by atoms with van der Waals surface area (Å²) in [5, 5.41) is 10.5. The monoisotopic (exact) mass is 453 g/mol. The van der Waals surface area contributed by atoms with E-state index in [0.29, 0.717) is 29.3 Å². The highest BCUT2D eigenvalue weighted by atomic mass is 32.1. The maximum atomic E-state index is 12.9. The standard InChI is InChI=1S/C27H23N3O2S/c1-17-7-12-22-23(13-17)33-27-24(22)26(31)29-25(30-27)20(15-28)14-18-8-10-21(11-9-18)32-16-19-5-3-2-4-6-19/h2-6,8-11,14,17H,7,12-13,16H2,1H3,(H,29,30,31)/b20-14+/t17-/m0/s1. The smallest absolute Gasteiger partial charge is 0.260 e. The first-order valence-electron chi connectivity index (χ1n) is 11.0. The van der Waals surface area contributed by atoms with Crippen molar-refractivity contribution in [1.82, 2.24) is 9.97 Å². The van der Waals surface area contributed by atoms with E-state index in [1.165, 1.54) is 4.88 Å². The molecule has 1 aliphatic carbocycles. The molecule has 0 amide bonds. The number of aromatic nitrogens is 2. The summed E-state index contributed by atoms with van der Waals surface area (Å²) in [7, 11) is 0. The van der Waals surface area contributed by atoms with Crippen molar-refractivity contribution in [2.75, 3.05) is 0 Å². The lowest BCUT2D eigenvalue weighted by molar-refractivity contribution is 0.306. The molecule has 33 heavy (non-hydrogen) atoms. The number of hydrogen-bond acceptors (Lipinski definition) is 5. The summed E-state index contributed by atoms with van der Waals surface area (Å²) in [5.74, 6) is 1.69. The normalized spacial score (nSPS) is 15.8. The van der Waals surface area contributed by atoms with Crippen molar-refractivity contribution in [1.29, 1.82) is 5.26 Å². The first kappa shape index (κ1) is 21.2. The fourth-order valence-electron chi connectivity index (χ4n) is 4.20. The molecule has 2 heterocycles. The molecular weight excluding hydrogens is 430 g/mol. The SMILES string of the molecule is C[C@H]1CCc2c(sc3nc(/C(C#N)=C/c4ccc(OCc5ccccc5)cc4)[nH]c(=O)c23)C1. The summed E-state index contributed by atoms with van der Waals surface area (Å²) in [6.45, 7) is 2.74. The minimum absolute atomic E-state index is 0.159. The number of benzene rings is 2. The predicted molar refractivity (Wildman–Crippen MR) is 132 cm³/mol. The zero-order chi connectivity index (χ0) is 22.8. The van der Waals surface area contributed by atoms with Crippen molar-refractivity contribution >= 4 is 33.2 Å². The molecule has 4 aromatic rings. The molecule has 0 aliphatic heterocycles. The van der Waals surface area contributed by atoms with Gasteiger partial charge in [-0.2, -0.15) is 5.26 Å². The third-order valence-corrected chi connectivity index (χ3v) is 7.13. The van der Waals surface area contributed by atoms with Crippen LogP contribution in [0.1, 0.15) is 40.7 Å². The topological polar surface area (TPSA) is 78.8 Å². The fourth-order valence-corrected chi connectivity index (χ4v) is 5.58. The van der Waals surface area contributed by atoms with E-state index in [9.17, 15) is 10.1 Å². The van der Waals surface area contributed by atoms with Crippen molar-refractivity contribution in [3.05, 3.63) is 92.3 Å². The Morgan fingerprint density at radius 2 is 2.03 bits per heavy atom. The van der Waals surface area contributed by atoms with Crippen LogP contribution in [-0.4, -0.2) is 9.97 Å². The van der Waals surface area contributed by atoms with Crippen LogP contribution in [0.4, 0.5) is 0 Å². The van der Waals surface area contributed by atoms with Crippen LogP contribution in [-0.2, 0) is 19.4 Å². The van der Waals surface area contributed by atoms with Crippen molar-refractivity contribution in [3.8, 4) is 11.8 Å². The van der Waals surface area contributed by atoms with Gasteiger partial charge in [-0.15, -0.1) is 11.3 Å². The Hall–Kier alpha value is -3.69. The van der Waals surface area contributed by atoms with Crippen LogP contribution in [0.5, 0.6) is 5.75 Å². The summed E-state index contributed by atoms with van der Waals surface area (Å²) in [4.78, 5) is 22.4. The molecule has 0 spiro atoms. The van der Waals surface area contributed by atoms with Gasteiger partial charge in [0.1, 0.15) is 23.3 Å².